The van der Waals surface area contributed by atoms with Crippen molar-refractivity contribution in [3.63, 3.8) is 0 Å². The minimum atomic E-state index is 0.813. The van der Waals surface area contributed by atoms with Gasteiger partial charge in [0.05, 0.1) is 12.3 Å². The Morgan fingerprint density at radius 2 is 1.88 bits per heavy atom. The maximum absolute atomic E-state index is 5.93. The van der Waals surface area contributed by atoms with Gasteiger partial charge in [0, 0.05) is 12.1 Å². The van der Waals surface area contributed by atoms with Crippen LogP contribution in [0.25, 0.3) is 6.08 Å². The highest BCUT2D eigenvalue weighted by Gasteiger charge is 2.13. The van der Waals surface area contributed by atoms with Gasteiger partial charge in [-0.25, -0.2) is 0 Å². The Morgan fingerprint density at radius 1 is 1.00 bits per heavy atom. The van der Waals surface area contributed by atoms with E-state index < -0.39 is 0 Å². The predicted octanol–water partition coefficient (Wildman–Crippen LogP) is 5.70. The normalized spacial score (nSPS) is 13.6. The molecule has 0 amide bonds. The summed E-state index contributed by atoms with van der Waals surface area (Å²) < 4.78 is 5.93. The number of benzene rings is 2. The van der Waals surface area contributed by atoms with Crippen LogP contribution in [0.3, 0.4) is 0 Å². The summed E-state index contributed by atoms with van der Waals surface area (Å²) in [4.78, 5) is 4.70. The van der Waals surface area contributed by atoms with E-state index >= 15 is 0 Å². The zero-order valence-corrected chi connectivity index (χ0v) is 15.1. The molecule has 1 aliphatic heterocycles. The number of fused-ring (bicyclic) bond motifs is 1. The van der Waals surface area contributed by atoms with Crippen molar-refractivity contribution in [2.24, 2.45) is 4.99 Å². The predicted molar refractivity (Wildman–Crippen MR) is 107 cm³/mol. The molecule has 2 aromatic rings. The van der Waals surface area contributed by atoms with Crippen LogP contribution in [0.15, 0.2) is 59.6 Å². The summed E-state index contributed by atoms with van der Waals surface area (Å²) in [5, 5.41) is 0. The molecule has 2 aromatic carbocycles. The number of unbranched alkanes of at least 4 members (excludes halogenated alkanes) is 3. The van der Waals surface area contributed by atoms with E-state index in [2.05, 4.69) is 61.5 Å². The van der Waals surface area contributed by atoms with Gasteiger partial charge >= 0.3 is 0 Å². The largest absolute Gasteiger partial charge is 0.494 e. The Balaban J connectivity index is 1.65. The number of allylic oxidation sites excluding steroid dienone is 1. The average molecular weight is 333 g/mol. The van der Waals surface area contributed by atoms with Gasteiger partial charge < -0.3 is 4.74 Å². The van der Waals surface area contributed by atoms with Crippen LogP contribution in [-0.4, -0.2) is 18.9 Å². The van der Waals surface area contributed by atoms with E-state index in [0.29, 0.717) is 0 Å². The van der Waals surface area contributed by atoms with Crippen molar-refractivity contribution in [1.82, 2.24) is 0 Å². The van der Waals surface area contributed by atoms with Crippen LogP contribution in [0, 0.1) is 0 Å². The lowest BCUT2D eigenvalue weighted by molar-refractivity contribution is 0.305. The Hall–Kier alpha value is -2.35. The Kier molecular flexibility index (Phi) is 6.44. The fourth-order valence-corrected chi connectivity index (χ4v) is 3.10. The highest BCUT2D eigenvalue weighted by molar-refractivity contribution is 6.12. The van der Waals surface area contributed by atoms with E-state index in [0.717, 1.165) is 37.5 Å². The van der Waals surface area contributed by atoms with Crippen molar-refractivity contribution < 1.29 is 4.74 Å². The van der Waals surface area contributed by atoms with Gasteiger partial charge in [-0.2, -0.15) is 0 Å². The number of ether oxygens (including phenoxy) is 1. The summed E-state index contributed by atoms with van der Waals surface area (Å²) in [5.41, 5.74) is 4.84. The van der Waals surface area contributed by atoms with Gasteiger partial charge in [0.25, 0.3) is 0 Å². The van der Waals surface area contributed by atoms with Crippen molar-refractivity contribution in [2.45, 2.75) is 39.0 Å². The fourth-order valence-electron chi connectivity index (χ4n) is 3.10. The van der Waals surface area contributed by atoms with Gasteiger partial charge in [-0.05, 0) is 48.2 Å². The van der Waals surface area contributed by atoms with Crippen LogP contribution in [0.5, 0.6) is 5.75 Å². The second kappa shape index (κ2) is 9.22. The molecule has 0 saturated heterocycles. The second-order valence-electron chi connectivity index (χ2n) is 6.49. The molecule has 130 valence electrons. The number of hydrogen-bond donors (Lipinski definition) is 0. The van der Waals surface area contributed by atoms with Crippen molar-refractivity contribution in [2.75, 3.05) is 13.2 Å². The summed E-state index contributed by atoms with van der Waals surface area (Å²) in [5.74, 6) is 0.989. The van der Waals surface area contributed by atoms with Gasteiger partial charge in [0.15, 0.2) is 0 Å². The molecule has 0 bridgehead atoms. The molecule has 0 atom stereocenters. The van der Waals surface area contributed by atoms with Crippen LogP contribution >= 0.6 is 0 Å². The molecule has 1 aliphatic rings. The first-order chi connectivity index (χ1) is 12.4. The molecule has 3 rings (SSSR count). The fraction of sp³-hybridized carbons (Fsp3) is 0.348. The molecular weight excluding hydrogens is 306 g/mol. The molecule has 0 aliphatic carbocycles. The molecule has 2 nitrogen and oxygen atoms in total. The van der Waals surface area contributed by atoms with Crippen molar-refractivity contribution in [1.29, 1.82) is 0 Å². The van der Waals surface area contributed by atoms with E-state index in [9.17, 15) is 0 Å². The second-order valence-corrected chi connectivity index (χ2v) is 6.49. The zero-order chi connectivity index (χ0) is 17.3. The topological polar surface area (TPSA) is 21.6 Å². The Morgan fingerprint density at radius 3 is 2.72 bits per heavy atom. The lowest BCUT2D eigenvalue weighted by atomic mass is 9.96. The van der Waals surface area contributed by atoms with Crippen molar-refractivity contribution in [3.05, 3.63) is 71.3 Å². The third kappa shape index (κ3) is 5.06. The standard InChI is InChI=1S/C23H27NO/c1-2-3-4-8-17-25-21-12-13-22-20(18-21)15-16-24-23(22)14-11-19-9-6-5-7-10-19/h5-7,9-14,18H,2-4,8,15-17H2,1H3/b14-11+. The third-order valence-electron chi connectivity index (χ3n) is 4.52. The molecule has 0 fully saturated rings. The van der Waals surface area contributed by atoms with Crippen LogP contribution in [-0.2, 0) is 6.42 Å². The minimum absolute atomic E-state index is 0.813. The molecule has 0 saturated carbocycles. The van der Waals surface area contributed by atoms with Crippen LogP contribution in [0.2, 0.25) is 0 Å². The first kappa shape index (κ1) is 17.5. The van der Waals surface area contributed by atoms with E-state index in [1.165, 1.54) is 36.0 Å². The van der Waals surface area contributed by atoms with Gasteiger partial charge in [0.1, 0.15) is 5.75 Å². The van der Waals surface area contributed by atoms with Crippen LogP contribution < -0.4 is 4.74 Å². The first-order valence-electron chi connectivity index (χ1n) is 9.40. The minimum Gasteiger partial charge on any atom is -0.494 e. The van der Waals surface area contributed by atoms with Gasteiger partial charge in [0.2, 0.25) is 0 Å². The number of nitrogens with zero attached hydrogens (tertiary/aromatic N) is 1. The monoisotopic (exact) mass is 333 g/mol. The number of rotatable bonds is 8. The summed E-state index contributed by atoms with van der Waals surface area (Å²) in [7, 11) is 0. The Labute approximate surface area is 151 Å². The first-order valence-corrected chi connectivity index (χ1v) is 9.40. The van der Waals surface area contributed by atoms with Gasteiger partial charge in [-0.15, -0.1) is 0 Å². The van der Waals surface area contributed by atoms with E-state index in [-0.39, 0.29) is 0 Å². The molecule has 0 unspecified atom stereocenters. The smallest absolute Gasteiger partial charge is 0.119 e. The molecule has 2 heteroatoms. The average Bonchev–Trinajstić information content (AvgIpc) is 2.67. The van der Waals surface area contributed by atoms with Crippen LogP contribution in [0.4, 0.5) is 0 Å². The highest BCUT2D eigenvalue weighted by atomic mass is 16.5. The lowest BCUT2D eigenvalue weighted by Gasteiger charge is -2.16. The van der Waals surface area contributed by atoms with E-state index in [1.54, 1.807) is 0 Å². The molecule has 0 radical (unpaired) electrons. The zero-order valence-electron chi connectivity index (χ0n) is 15.1. The molecule has 0 aromatic heterocycles. The maximum Gasteiger partial charge on any atom is 0.119 e. The van der Waals surface area contributed by atoms with Crippen LogP contribution in [0.1, 0.15) is 49.3 Å². The lowest BCUT2D eigenvalue weighted by Crippen LogP contribution is -2.11. The Bertz CT molecular complexity index is 731. The SMILES string of the molecule is CCCCCCOc1ccc2c(c1)CCN=C2/C=C/c1ccccc1. The van der Waals surface area contributed by atoms with E-state index in [4.69, 9.17) is 9.73 Å². The van der Waals surface area contributed by atoms with Crippen molar-refractivity contribution >= 4 is 11.8 Å². The maximum atomic E-state index is 5.93. The quantitative estimate of drug-likeness (QED) is 0.567. The summed E-state index contributed by atoms with van der Waals surface area (Å²) >= 11 is 0. The number of aliphatic imine (C=N–C) groups is 1. The van der Waals surface area contributed by atoms with Gasteiger partial charge in [-0.1, -0.05) is 62.6 Å². The highest BCUT2D eigenvalue weighted by Crippen LogP contribution is 2.23. The summed E-state index contributed by atoms with van der Waals surface area (Å²) in [6.45, 7) is 3.89. The molecule has 25 heavy (non-hydrogen) atoms. The molecule has 0 spiro atoms. The van der Waals surface area contributed by atoms with Gasteiger partial charge in [-0.3, -0.25) is 4.99 Å². The molecular formula is C23H27NO. The number of hydrogen-bond acceptors (Lipinski definition) is 2. The molecule has 1 heterocycles. The summed E-state index contributed by atoms with van der Waals surface area (Å²) in [6.07, 6.45) is 10.2. The van der Waals surface area contributed by atoms with E-state index in [1.807, 2.05) is 6.07 Å². The third-order valence-corrected chi connectivity index (χ3v) is 4.52. The summed E-state index contributed by atoms with van der Waals surface area (Å²) in [6, 6.07) is 16.8. The van der Waals surface area contributed by atoms with Crippen molar-refractivity contribution in [3.8, 4) is 5.75 Å². The molecule has 0 N–H and O–H groups in total.